The van der Waals surface area contributed by atoms with E-state index in [1.165, 1.54) is 11.6 Å². The summed E-state index contributed by atoms with van der Waals surface area (Å²) in [4.78, 5) is 19.5. The van der Waals surface area contributed by atoms with Crippen molar-refractivity contribution in [2.75, 3.05) is 31.6 Å². The highest BCUT2D eigenvalue weighted by Gasteiger charge is 2.48. The second kappa shape index (κ2) is 9.58. The summed E-state index contributed by atoms with van der Waals surface area (Å²) >= 11 is 0. The molecule has 7 rings (SSSR count). The first-order valence-corrected chi connectivity index (χ1v) is 13.3. The third-order valence-electron chi connectivity index (χ3n) is 7.56. The molecule has 2 aliphatic heterocycles. The minimum atomic E-state index is -0.142. The molecule has 0 saturated carbocycles. The summed E-state index contributed by atoms with van der Waals surface area (Å²) in [6, 6.07) is 15.0. The Hall–Kier alpha value is -4.99. The molecule has 0 radical (unpaired) electrons. The number of aryl methyl sites for hydroxylation is 1. The van der Waals surface area contributed by atoms with Gasteiger partial charge in [0.25, 0.3) is 0 Å². The molecule has 5 aromatic heterocycles. The summed E-state index contributed by atoms with van der Waals surface area (Å²) in [6.45, 7) is 7.96. The van der Waals surface area contributed by atoms with Crippen LogP contribution in [0, 0.1) is 23.7 Å². The lowest BCUT2D eigenvalue weighted by atomic mass is 9.78. The molecule has 0 aliphatic carbocycles. The number of fused-ring (bicyclic) bond motifs is 1. The van der Waals surface area contributed by atoms with Gasteiger partial charge in [-0.25, -0.2) is 14.2 Å². The van der Waals surface area contributed by atoms with Gasteiger partial charge in [-0.3, -0.25) is 9.69 Å². The zero-order valence-electron chi connectivity index (χ0n) is 22.6. The number of pyridine rings is 2. The van der Waals surface area contributed by atoms with E-state index in [1.807, 2.05) is 43.5 Å². The Bertz CT molecular complexity index is 1840. The first-order valence-electron chi connectivity index (χ1n) is 13.3. The highest BCUT2D eigenvalue weighted by atomic mass is 16.5. The molecule has 0 bridgehead atoms. The van der Waals surface area contributed by atoms with Crippen molar-refractivity contribution in [3.05, 3.63) is 77.5 Å². The molecule has 1 spiro atoms. The average molecular weight is 547 g/mol. The number of Topliss-reactive ketones (excluding diaryl/α,β-unsaturated/α-hetero) is 1. The summed E-state index contributed by atoms with van der Waals surface area (Å²) in [7, 11) is 0. The Morgan fingerprint density at radius 2 is 2.00 bits per heavy atom. The third kappa shape index (κ3) is 4.51. The molecule has 0 atom stereocenters. The van der Waals surface area contributed by atoms with Crippen molar-refractivity contribution in [1.82, 2.24) is 39.5 Å². The second-order valence-electron chi connectivity index (χ2n) is 10.8. The van der Waals surface area contributed by atoms with E-state index in [4.69, 9.17) is 9.72 Å². The number of ketones is 1. The number of carbonyl (C=O) groups is 1. The Balaban J connectivity index is 1.11. The van der Waals surface area contributed by atoms with Crippen LogP contribution in [0.3, 0.4) is 0 Å². The van der Waals surface area contributed by atoms with Crippen molar-refractivity contribution < 1.29 is 9.53 Å². The molecular formula is C29H26N10O2. The molecule has 0 aromatic carbocycles. The van der Waals surface area contributed by atoms with E-state index < -0.39 is 0 Å². The fourth-order valence-electron chi connectivity index (χ4n) is 5.51. The lowest BCUT2D eigenvalue weighted by Crippen LogP contribution is -2.65. The van der Waals surface area contributed by atoms with Crippen molar-refractivity contribution in [2.24, 2.45) is 5.41 Å². The predicted molar refractivity (Wildman–Crippen MR) is 149 cm³/mol. The molecule has 12 heteroatoms. The van der Waals surface area contributed by atoms with Crippen molar-refractivity contribution in [1.29, 1.82) is 5.26 Å². The van der Waals surface area contributed by atoms with Gasteiger partial charge >= 0.3 is 0 Å². The number of anilines is 2. The Kier molecular flexibility index (Phi) is 5.84. The minimum absolute atomic E-state index is 0.142. The van der Waals surface area contributed by atoms with Gasteiger partial charge in [0.15, 0.2) is 23.1 Å². The van der Waals surface area contributed by atoms with Crippen LogP contribution < -0.4 is 5.32 Å². The van der Waals surface area contributed by atoms with E-state index in [1.54, 1.807) is 28.9 Å². The van der Waals surface area contributed by atoms with Crippen molar-refractivity contribution in [3.8, 4) is 23.1 Å². The monoisotopic (exact) mass is 546 g/mol. The Morgan fingerprint density at radius 1 is 1.15 bits per heavy atom. The average Bonchev–Trinajstić information content (AvgIpc) is 3.52. The van der Waals surface area contributed by atoms with Crippen LogP contribution in [0.15, 0.2) is 54.9 Å². The number of rotatable bonds is 7. The number of aromatic nitrogens is 7. The van der Waals surface area contributed by atoms with E-state index in [9.17, 15) is 10.1 Å². The van der Waals surface area contributed by atoms with Crippen LogP contribution in [-0.4, -0.2) is 71.6 Å². The summed E-state index contributed by atoms with van der Waals surface area (Å²) < 4.78 is 8.64. The number of nitrogens with one attached hydrogen (secondary N) is 1. The second-order valence-corrected chi connectivity index (χ2v) is 10.8. The van der Waals surface area contributed by atoms with Crippen LogP contribution >= 0.6 is 0 Å². The molecule has 2 saturated heterocycles. The van der Waals surface area contributed by atoms with Crippen LogP contribution in [0.4, 0.5) is 11.5 Å². The molecule has 5 aromatic rings. The van der Waals surface area contributed by atoms with E-state index >= 15 is 0 Å². The maximum atomic E-state index is 12.4. The van der Waals surface area contributed by atoms with Gasteiger partial charge in [-0.15, -0.1) is 5.10 Å². The molecule has 1 N–H and O–H groups in total. The largest absolute Gasteiger partial charge is 0.380 e. The van der Waals surface area contributed by atoms with Crippen molar-refractivity contribution in [2.45, 2.75) is 20.4 Å². The van der Waals surface area contributed by atoms with Crippen LogP contribution in [-0.2, 0) is 11.3 Å². The summed E-state index contributed by atoms with van der Waals surface area (Å²) in [6.07, 6.45) is 3.61. The molecule has 7 heterocycles. The SMILES string of the molecule is CC(=O)c1ccc(-c2cnn3cc(Nc4ccc(CN5CC6(COC6)C5)nn4)ccc23)nc1-n1nc(C#N)cc1C. The van der Waals surface area contributed by atoms with Gasteiger partial charge in [-0.1, -0.05) is 0 Å². The molecule has 12 nitrogen and oxygen atoms in total. The third-order valence-corrected chi connectivity index (χ3v) is 7.56. The molecular weight excluding hydrogens is 520 g/mol. The van der Waals surface area contributed by atoms with Crippen LogP contribution in [0.2, 0.25) is 0 Å². The molecule has 204 valence electrons. The Morgan fingerprint density at radius 3 is 2.68 bits per heavy atom. The summed E-state index contributed by atoms with van der Waals surface area (Å²) in [5, 5.41) is 30.2. The first kappa shape index (κ1) is 25.0. The maximum absolute atomic E-state index is 12.4. The van der Waals surface area contributed by atoms with Gasteiger partial charge in [-0.05, 0) is 56.3 Å². The van der Waals surface area contributed by atoms with Gasteiger partial charge < -0.3 is 10.1 Å². The summed E-state index contributed by atoms with van der Waals surface area (Å²) in [5.74, 6) is 0.876. The van der Waals surface area contributed by atoms with Crippen LogP contribution in [0.1, 0.15) is 34.4 Å². The van der Waals surface area contributed by atoms with E-state index in [-0.39, 0.29) is 11.5 Å². The Labute approximate surface area is 235 Å². The van der Waals surface area contributed by atoms with E-state index in [2.05, 4.69) is 30.6 Å². The molecule has 2 aliphatic rings. The number of carbonyl (C=O) groups excluding carboxylic acids is 1. The normalized spacial score (nSPS) is 15.8. The number of hydrogen-bond acceptors (Lipinski definition) is 10. The van der Waals surface area contributed by atoms with Crippen LogP contribution in [0.25, 0.3) is 22.6 Å². The number of likely N-dealkylation sites (tertiary alicyclic amines) is 1. The smallest absolute Gasteiger partial charge is 0.165 e. The summed E-state index contributed by atoms with van der Waals surface area (Å²) in [5.41, 5.74) is 5.78. The first-order chi connectivity index (χ1) is 19.9. The van der Waals surface area contributed by atoms with E-state index in [0.717, 1.165) is 55.3 Å². The minimum Gasteiger partial charge on any atom is -0.380 e. The highest BCUT2D eigenvalue weighted by molar-refractivity contribution is 5.97. The number of hydrogen-bond donors (Lipinski definition) is 1. The molecule has 2 fully saturated rings. The lowest BCUT2D eigenvalue weighted by molar-refractivity contribution is -0.191. The predicted octanol–water partition coefficient (Wildman–Crippen LogP) is 3.33. The maximum Gasteiger partial charge on any atom is 0.165 e. The number of ether oxygens (including phenoxy) is 1. The topological polar surface area (TPSA) is 139 Å². The van der Waals surface area contributed by atoms with Crippen molar-refractivity contribution >= 4 is 22.8 Å². The highest BCUT2D eigenvalue weighted by Crippen LogP contribution is 2.38. The zero-order valence-corrected chi connectivity index (χ0v) is 22.6. The quantitative estimate of drug-likeness (QED) is 0.302. The molecule has 0 amide bonds. The fraction of sp³-hybridized carbons (Fsp3) is 0.276. The van der Waals surface area contributed by atoms with Crippen LogP contribution in [0.5, 0.6) is 0 Å². The zero-order chi connectivity index (χ0) is 28.1. The lowest BCUT2D eigenvalue weighted by Gasteiger charge is -2.55. The molecule has 41 heavy (non-hydrogen) atoms. The van der Waals surface area contributed by atoms with Gasteiger partial charge in [-0.2, -0.15) is 20.6 Å². The number of nitrogens with zero attached hydrogens (tertiary/aromatic N) is 9. The standard InChI is InChI=1S/C29H26N10O2/c1-18-9-22(10-30)36-39(18)28-23(19(2)40)5-6-25(33-28)24-11-31-38-13-20(3-7-26(24)38)32-27-8-4-21(34-35-27)12-37-14-29(15-37)16-41-17-29/h3-9,11,13H,12,14-17H2,1-2H3,(H,32,35). The van der Waals surface area contributed by atoms with Gasteiger partial charge in [0.05, 0.1) is 53.8 Å². The fourth-order valence-corrected chi connectivity index (χ4v) is 5.51. The number of nitriles is 1. The molecule has 0 unspecified atom stereocenters. The van der Waals surface area contributed by atoms with Gasteiger partial charge in [0.1, 0.15) is 6.07 Å². The van der Waals surface area contributed by atoms with E-state index in [0.29, 0.717) is 34.0 Å². The van der Waals surface area contributed by atoms with Gasteiger partial charge in [0, 0.05) is 36.3 Å². The van der Waals surface area contributed by atoms with Gasteiger partial charge in [0.2, 0.25) is 0 Å². The van der Waals surface area contributed by atoms with Crippen molar-refractivity contribution in [3.63, 3.8) is 0 Å².